The van der Waals surface area contributed by atoms with Crippen molar-refractivity contribution in [2.24, 2.45) is 7.05 Å². The van der Waals surface area contributed by atoms with Crippen molar-refractivity contribution >= 4 is 32.7 Å². The fourth-order valence-corrected chi connectivity index (χ4v) is 3.57. The number of aryl methyl sites for hydroxylation is 1. The molecular formula is C19H19N3O. The van der Waals surface area contributed by atoms with Gasteiger partial charge in [-0.15, -0.1) is 0 Å². The van der Waals surface area contributed by atoms with Gasteiger partial charge in [0.1, 0.15) is 0 Å². The van der Waals surface area contributed by atoms with Gasteiger partial charge in [-0.3, -0.25) is 4.79 Å². The summed E-state index contributed by atoms with van der Waals surface area (Å²) in [7, 11) is 6.21. The fourth-order valence-electron chi connectivity index (χ4n) is 3.57. The zero-order chi connectivity index (χ0) is 16.1. The van der Waals surface area contributed by atoms with Crippen molar-refractivity contribution in [3.63, 3.8) is 0 Å². The number of hydrogen-bond donors (Lipinski definition) is 1. The molecule has 0 atom stereocenters. The van der Waals surface area contributed by atoms with Crippen molar-refractivity contribution < 1.29 is 0 Å². The van der Waals surface area contributed by atoms with Crippen LogP contribution in [0.3, 0.4) is 0 Å². The van der Waals surface area contributed by atoms with Gasteiger partial charge in [0.15, 0.2) is 0 Å². The van der Waals surface area contributed by atoms with Crippen molar-refractivity contribution in [3.05, 3.63) is 58.4 Å². The predicted octanol–water partition coefficient (Wildman–Crippen LogP) is 3.23. The third kappa shape index (κ3) is 1.99. The number of benzene rings is 2. The lowest BCUT2D eigenvalue weighted by Gasteiger charge is -2.12. The number of rotatable bonds is 2. The van der Waals surface area contributed by atoms with E-state index in [2.05, 4.69) is 53.8 Å². The topological polar surface area (TPSA) is 41.0 Å². The lowest BCUT2D eigenvalue weighted by molar-refractivity contribution is 0.403. The van der Waals surface area contributed by atoms with E-state index in [1.165, 1.54) is 11.1 Å². The summed E-state index contributed by atoms with van der Waals surface area (Å²) >= 11 is 0. The van der Waals surface area contributed by atoms with Gasteiger partial charge in [-0.05, 0) is 25.7 Å². The van der Waals surface area contributed by atoms with Gasteiger partial charge < -0.3 is 14.5 Å². The Labute approximate surface area is 133 Å². The molecule has 4 aromatic rings. The molecule has 0 aliphatic heterocycles. The van der Waals surface area contributed by atoms with Crippen LogP contribution in [0.25, 0.3) is 32.7 Å². The van der Waals surface area contributed by atoms with Gasteiger partial charge in [0.2, 0.25) is 0 Å². The molecule has 0 bridgehead atoms. The maximum Gasteiger partial charge on any atom is 0.256 e. The van der Waals surface area contributed by atoms with E-state index in [0.29, 0.717) is 0 Å². The first-order valence-corrected chi connectivity index (χ1v) is 7.73. The smallest absolute Gasteiger partial charge is 0.256 e. The van der Waals surface area contributed by atoms with Crippen LogP contribution in [0.5, 0.6) is 0 Å². The molecule has 2 aromatic carbocycles. The van der Waals surface area contributed by atoms with Crippen molar-refractivity contribution in [2.75, 3.05) is 14.1 Å². The van der Waals surface area contributed by atoms with Crippen LogP contribution in [-0.2, 0) is 13.6 Å². The van der Waals surface area contributed by atoms with E-state index in [-0.39, 0.29) is 5.56 Å². The number of pyridine rings is 1. The number of nitrogens with zero attached hydrogens (tertiary/aromatic N) is 2. The molecule has 23 heavy (non-hydrogen) atoms. The van der Waals surface area contributed by atoms with Gasteiger partial charge in [0, 0.05) is 29.8 Å². The predicted molar refractivity (Wildman–Crippen MR) is 95.9 cm³/mol. The van der Waals surface area contributed by atoms with Gasteiger partial charge >= 0.3 is 0 Å². The normalized spacial score (nSPS) is 12.0. The molecule has 4 nitrogen and oxygen atoms in total. The molecule has 0 amide bonds. The summed E-state index contributed by atoms with van der Waals surface area (Å²) in [6.45, 7) is 0.865. The summed E-state index contributed by atoms with van der Waals surface area (Å²) < 4.78 is 2.21. The third-order valence-corrected chi connectivity index (χ3v) is 4.45. The molecule has 0 aliphatic rings. The maximum absolute atomic E-state index is 12.4. The Hall–Kier alpha value is -2.59. The largest absolute Gasteiger partial charge is 0.342 e. The van der Waals surface area contributed by atoms with Crippen LogP contribution in [-0.4, -0.2) is 28.5 Å². The number of H-pyrrole nitrogens is 1. The molecule has 0 radical (unpaired) electrons. The molecule has 0 unspecified atom stereocenters. The molecule has 2 aromatic heterocycles. The minimum Gasteiger partial charge on any atom is -0.342 e. The quantitative estimate of drug-likeness (QED) is 0.618. The second-order valence-electron chi connectivity index (χ2n) is 6.33. The van der Waals surface area contributed by atoms with Crippen LogP contribution in [0.4, 0.5) is 0 Å². The zero-order valence-electron chi connectivity index (χ0n) is 13.6. The number of para-hydroxylation sites is 1. The van der Waals surface area contributed by atoms with Gasteiger partial charge in [0.05, 0.1) is 16.6 Å². The lowest BCUT2D eigenvalue weighted by Crippen LogP contribution is -2.11. The molecular weight excluding hydrogens is 286 g/mol. The first kappa shape index (κ1) is 14.0. The molecule has 0 aliphatic carbocycles. The highest BCUT2D eigenvalue weighted by Crippen LogP contribution is 2.32. The summed E-state index contributed by atoms with van der Waals surface area (Å²) in [6, 6.07) is 14.1. The monoisotopic (exact) mass is 305 g/mol. The standard InChI is InChI=1S/C19H19N3O/c1-21(2)11-12-7-6-10-15-16-18(22(3)17(12)15)13-8-4-5-9-14(13)19(23)20-16/h4-10H,11H2,1-3H3,(H,20,23). The van der Waals surface area contributed by atoms with E-state index < -0.39 is 0 Å². The van der Waals surface area contributed by atoms with Crippen LogP contribution in [0.1, 0.15) is 5.56 Å². The number of aromatic amines is 1. The zero-order valence-corrected chi connectivity index (χ0v) is 13.6. The summed E-state index contributed by atoms with van der Waals surface area (Å²) in [4.78, 5) is 17.7. The van der Waals surface area contributed by atoms with Crippen LogP contribution in [0.2, 0.25) is 0 Å². The Morgan fingerprint density at radius 1 is 0.957 bits per heavy atom. The highest BCUT2D eigenvalue weighted by Gasteiger charge is 2.16. The fraction of sp³-hybridized carbons (Fsp3) is 0.211. The van der Waals surface area contributed by atoms with Crippen molar-refractivity contribution in [3.8, 4) is 0 Å². The molecule has 0 fully saturated rings. The van der Waals surface area contributed by atoms with Gasteiger partial charge in [0.25, 0.3) is 5.56 Å². The molecule has 0 saturated carbocycles. The molecule has 0 saturated heterocycles. The SMILES string of the molecule is CN(C)Cc1cccc2c3[nH]c(=O)c4ccccc4c3n(C)c12. The maximum atomic E-state index is 12.4. The van der Waals surface area contributed by atoms with Gasteiger partial charge in [-0.25, -0.2) is 0 Å². The average Bonchev–Trinajstić information content (AvgIpc) is 2.81. The van der Waals surface area contributed by atoms with Crippen LogP contribution >= 0.6 is 0 Å². The van der Waals surface area contributed by atoms with E-state index in [9.17, 15) is 4.79 Å². The Balaban J connectivity index is 2.25. The second-order valence-corrected chi connectivity index (χ2v) is 6.33. The molecule has 1 N–H and O–H groups in total. The van der Waals surface area contributed by atoms with Crippen molar-refractivity contribution in [1.29, 1.82) is 0 Å². The molecule has 2 heterocycles. The summed E-state index contributed by atoms with van der Waals surface area (Å²) in [5, 5.41) is 2.84. The summed E-state index contributed by atoms with van der Waals surface area (Å²) in [5.74, 6) is 0. The minimum absolute atomic E-state index is 0.0291. The highest BCUT2D eigenvalue weighted by atomic mass is 16.1. The molecule has 116 valence electrons. The van der Waals surface area contributed by atoms with E-state index >= 15 is 0 Å². The van der Waals surface area contributed by atoms with Crippen LogP contribution in [0, 0.1) is 0 Å². The third-order valence-electron chi connectivity index (χ3n) is 4.45. The number of fused-ring (bicyclic) bond motifs is 5. The summed E-state index contributed by atoms with van der Waals surface area (Å²) in [6.07, 6.45) is 0. The lowest BCUT2D eigenvalue weighted by atomic mass is 10.1. The Kier molecular flexibility index (Phi) is 3.03. The minimum atomic E-state index is -0.0291. The molecule has 0 spiro atoms. The van der Waals surface area contributed by atoms with Gasteiger partial charge in [-0.2, -0.15) is 0 Å². The number of aromatic nitrogens is 2. The van der Waals surface area contributed by atoms with E-state index in [0.717, 1.165) is 33.7 Å². The number of hydrogen-bond acceptors (Lipinski definition) is 2. The Bertz CT molecular complexity index is 1100. The van der Waals surface area contributed by atoms with E-state index in [1.54, 1.807) is 0 Å². The Morgan fingerprint density at radius 2 is 1.65 bits per heavy atom. The average molecular weight is 305 g/mol. The summed E-state index contributed by atoms with van der Waals surface area (Å²) in [5.41, 5.74) is 4.42. The highest BCUT2D eigenvalue weighted by molar-refractivity contribution is 6.15. The van der Waals surface area contributed by atoms with Crippen LogP contribution < -0.4 is 5.56 Å². The Morgan fingerprint density at radius 3 is 2.39 bits per heavy atom. The van der Waals surface area contributed by atoms with Gasteiger partial charge in [-0.1, -0.05) is 36.4 Å². The van der Waals surface area contributed by atoms with E-state index in [4.69, 9.17) is 0 Å². The first-order chi connectivity index (χ1) is 11.1. The first-order valence-electron chi connectivity index (χ1n) is 7.73. The van der Waals surface area contributed by atoms with Crippen LogP contribution in [0.15, 0.2) is 47.3 Å². The molecule has 4 heteroatoms. The van der Waals surface area contributed by atoms with E-state index in [1.807, 2.05) is 24.3 Å². The van der Waals surface area contributed by atoms with Crippen molar-refractivity contribution in [2.45, 2.75) is 6.54 Å². The second kappa shape index (κ2) is 4.96. The number of nitrogens with one attached hydrogen (secondary N) is 1. The molecule has 4 rings (SSSR count). The van der Waals surface area contributed by atoms with Crippen molar-refractivity contribution in [1.82, 2.24) is 14.5 Å².